The molecule has 0 aliphatic carbocycles. The van der Waals surface area contributed by atoms with Crippen molar-refractivity contribution in [2.75, 3.05) is 19.8 Å². The molecule has 4 amide bonds. The summed E-state index contributed by atoms with van der Waals surface area (Å²) >= 11 is 3.40. The Balaban J connectivity index is 1.86. The highest BCUT2D eigenvalue weighted by molar-refractivity contribution is 9.10. The first-order chi connectivity index (χ1) is 11.0. The molecule has 0 N–H and O–H groups in total. The molecule has 2 aliphatic heterocycles. The number of benzene rings is 1. The maximum absolute atomic E-state index is 12.3. The predicted molar refractivity (Wildman–Crippen MR) is 83.1 cm³/mol. The van der Waals surface area contributed by atoms with Gasteiger partial charge >= 0.3 is 17.8 Å². The van der Waals surface area contributed by atoms with Gasteiger partial charge in [0.1, 0.15) is 13.2 Å². The maximum Gasteiger partial charge on any atom is 0.334 e. The van der Waals surface area contributed by atoms with Crippen molar-refractivity contribution in [3.8, 4) is 11.5 Å². The standard InChI is InChI=1S/C15H15BrN2O5/c1-2-3-17-13(19)14(20)18(15(17)21)8-9-6-11-12(7-10(9)16)23-5-4-22-11/h6-7H,2-5,8H2,1H3. The van der Waals surface area contributed by atoms with Crippen LogP contribution in [0.1, 0.15) is 18.9 Å². The topological polar surface area (TPSA) is 76.2 Å². The van der Waals surface area contributed by atoms with Gasteiger partial charge in [-0.15, -0.1) is 0 Å². The van der Waals surface area contributed by atoms with E-state index >= 15 is 0 Å². The Morgan fingerprint density at radius 1 is 1.04 bits per heavy atom. The summed E-state index contributed by atoms with van der Waals surface area (Å²) in [5.41, 5.74) is 0.669. The fourth-order valence-electron chi connectivity index (χ4n) is 2.51. The molecule has 0 unspecified atom stereocenters. The molecule has 1 aromatic rings. The van der Waals surface area contributed by atoms with Crippen molar-refractivity contribution < 1.29 is 23.9 Å². The highest BCUT2D eigenvalue weighted by Gasteiger charge is 2.44. The number of imide groups is 2. The molecular weight excluding hydrogens is 368 g/mol. The Morgan fingerprint density at radius 2 is 1.65 bits per heavy atom. The minimum absolute atomic E-state index is 0.000838. The Labute approximate surface area is 141 Å². The zero-order valence-corrected chi connectivity index (χ0v) is 14.1. The normalized spacial score (nSPS) is 17.2. The van der Waals surface area contributed by atoms with Crippen molar-refractivity contribution in [1.82, 2.24) is 9.80 Å². The predicted octanol–water partition coefficient (Wildman–Crippen LogP) is 1.92. The summed E-state index contributed by atoms with van der Waals surface area (Å²) in [5.74, 6) is -0.407. The summed E-state index contributed by atoms with van der Waals surface area (Å²) in [7, 11) is 0. The van der Waals surface area contributed by atoms with Crippen LogP contribution >= 0.6 is 15.9 Å². The highest BCUT2D eigenvalue weighted by Crippen LogP contribution is 2.36. The minimum Gasteiger partial charge on any atom is -0.486 e. The fraction of sp³-hybridized carbons (Fsp3) is 0.400. The van der Waals surface area contributed by atoms with Gasteiger partial charge in [0.05, 0.1) is 6.54 Å². The Hall–Kier alpha value is -2.09. The Morgan fingerprint density at radius 3 is 2.30 bits per heavy atom. The Kier molecular flexibility index (Phi) is 4.25. The first-order valence-electron chi connectivity index (χ1n) is 7.28. The van der Waals surface area contributed by atoms with E-state index in [4.69, 9.17) is 9.47 Å². The van der Waals surface area contributed by atoms with Crippen molar-refractivity contribution in [1.29, 1.82) is 0 Å². The number of urea groups is 1. The molecule has 0 radical (unpaired) electrons. The fourth-order valence-corrected chi connectivity index (χ4v) is 2.96. The van der Waals surface area contributed by atoms with Gasteiger partial charge in [-0.3, -0.25) is 19.4 Å². The van der Waals surface area contributed by atoms with Gasteiger partial charge in [-0.1, -0.05) is 22.9 Å². The smallest absolute Gasteiger partial charge is 0.334 e. The second kappa shape index (κ2) is 6.19. The second-order valence-corrected chi connectivity index (χ2v) is 6.07. The van der Waals surface area contributed by atoms with Gasteiger partial charge in [0.25, 0.3) is 0 Å². The van der Waals surface area contributed by atoms with Crippen LogP contribution in [0.3, 0.4) is 0 Å². The monoisotopic (exact) mass is 382 g/mol. The van der Waals surface area contributed by atoms with Crippen molar-refractivity contribution in [3.05, 3.63) is 22.2 Å². The number of hydrogen-bond donors (Lipinski definition) is 0. The van der Waals surface area contributed by atoms with E-state index in [1.165, 1.54) is 0 Å². The van der Waals surface area contributed by atoms with Gasteiger partial charge in [0.15, 0.2) is 11.5 Å². The van der Waals surface area contributed by atoms with Crippen LogP contribution in [0.4, 0.5) is 4.79 Å². The molecule has 7 nitrogen and oxygen atoms in total. The number of fused-ring (bicyclic) bond motifs is 1. The van der Waals surface area contributed by atoms with Crippen molar-refractivity contribution in [3.63, 3.8) is 0 Å². The number of rotatable bonds is 4. The summed E-state index contributed by atoms with van der Waals surface area (Å²) in [4.78, 5) is 38.1. The molecule has 1 fully saturated rings. The molecule has 122 valence electrons. The van der Waals surface area contributed by atoms with Crippen molar-refractivity contribution in [2.45, 2.75) is 19.9 Å². The molecular formula is C15H15BrN2O5. The highest BCUT2D eigenvalue weighted by atomic mass is 79.9. The summed E-state index contributed by atoms with van der Waals surface area (Å²) in [5, 5.41) is 0. The maximum atomic E-state index is 12.3. The van der Waals surface area contributed by atoms with Crippen LogP contribution < -0.4 is 9.47 Å². The summed E-state index contributed by atoms with van der Waals surface area (Å²) in [6, 6.07) is 2.87. The van der Waals surface area contributed by atoms with E-state index in [1.807, 2.05) is 6.92 Å². The van der Waals surface area contributed by atoms with Crippen LogP contribution in [0.25, 0.3) is 0 Å². The molecule has 2 heterocycles. The lowest BCUT2D eigenvalue weighted by Gasteiger charge is -2.21. The van der Waals surface area contributed by atoms with Crippen LogP contribution in [-0.2, 0) is 16.1 Å². The van der Waals surface area contributed by atoms with E-state index in [0.29, 0.717) is 41.2 Å². The van der Waals surface area contributed by atoms with Gasteiger partial charge in [0.2, 0.25) is 0 Å². The molecule has 3 rings (SSSR count). The van der Waals surface area contributed by atoms with Crippen LogP contribution in [0.5, 0.6) is 11.5 Å². The lowest BCUT2D eigenvalue weighted by Crippen LogP contribution is -2.33. The number of nitrogens with zero attached hydrogens (tertiary/aromatic N) is 2. The number of carbonyl (C=O) groups is 3. The quantitative estimate of drug-likeness (QED) is 0.587. The van der Waals surface area contributed by atoms with E-state index in [9.17, 15) is 14.4 Å². The lowest BCUT2D eigenvalue weighted by molar-refractivity contribution is -0.143. The minimum atomic E-state index is -0.801. The summed E-state index contributed by atoms with van der Waals surface area (Å²) < 4.78 is 11.7. The number of halogens is 1. The molecule has 0 spiro atoms. The molecule has 1 aromatic carbocycles. The third-order valence-electron chi connectivity index (χ3n) is 3.62. The average Bonchev–Trinajstić information content (AvgIpc) is 2.73. The van der Waals surface area contributed by atoms with E-state index in [0.717, 1.165) is 9.80 Å². The SMILES string of the molecule is CCCN1C(=O)C(=O)N(Cc2cc3c(cc2Br)OCCO3)C1=O. The second-order valence-electron chi connectivity index (χ2n) is 5.22. The largest absolute Gasteiger partial charge is 0.486 e. The zero-order valence-electron chi connectivity index (χ0n) is 12.5. The van der Waals surface area contributed by atoms with E-state index in [1.54, 1.807) is 12.1 Å². The van der Waals surface area contributed by atoms with Gasteiger partial charge in [-0.05, 0) is 24.1 Å². The summed E-state index contributed by atoms with van der Waals surface area (Å²) in [6.07, 6.45) is 0.603. The number of carbonyl (C=O) groups excluding carboxylic acids is 3. The molecule has 0 aromatic heterocycles. The molecule has 0 atom stereocenters. The third kappa shape index (κ3) is 2.78. The number of amides is 4. The van der Waals surface area contributed by atoms with Gasteiger partial charge < -0.3 is 9.47 Å². The van der Waals surface area contributed by atoms with Crippen LogP contribution in [0.15, 0.2) is 16.6 Å². The van der Waals surface area contributed by atoms with Gasteiger partial charge in [0, 0.05) is 11.0 Å². The molecule has 8 heteroatoms. The first kappa shape index (κ1) is 15.8. The van der Waals surface area contributed by atoms with Gasteiger partial charge in [-0.25, -0.2) is 4.79 Å². The van der Waals surface area contributed by atoms with E-state index < -0.39 is 17.8 Å². The molecule has 0 bridgehead atoms. The Bertz CT molecular complexity index is 691. The zero-order chi connectivity index (χ0) is 16.6. The number of ether oxygens (including phenoxy) is 2. The molecule has 0 saturated carbocycles. The molecule has 23 heavy (non-hydrogen) atoms. The van der Waals surface area contributed by atoms with E-state index in [-0.39, 0.29) is 13.1 Å². The number of hydrogen-bond acceptors (Lipinski definition) is 5. The molecule has 1 saturated heterocycles. The van der Waals surface area contributed by atoms with E-state index in [2.05, 4.69) is 15.9 Å². The first-order valence-corrected chi connectivity index (χ1v) is 8.07. The van der Waals surface area contributed by atoms with Crippen molar-refractivity contribution >= 4 is 33.8 Å². The van der Waals surface area contributed by atoms with Crippen molar-refractivity contribution in [2.24, 2.45) is 0 Å². The van der Waals surface area contributed by atoms with Crippen LogP contribution in [0.2, 0.25) is 0 Å². The van der Waals surface area contributed by atoms with Gasteiger partial charge in [-0.2, -0.15) is 0 Å². The van der Waals surface area contributed by atoms with Crippen LogP contribution in [0, 0.1) is 0 Å². The van der Waals surface area contributed by atoms with Crippen LogP contribution in [-0.4, -0.2) is 47.4 Å². The molecule has 2 aliphatic rings. The summed E-state index contributed by atoms with van der Waals surface area (Å²) in [6.45, 7) is 2.99. The lowest BCUT2D eigenvalue weighted by atomic mass is 10.2. The third-order valence-corrected chi connectivity index (χ3v) is 4.36. The average molecular weight is 383 g/mol.